The first kappa shape index (κ1) is 10.5. The molecule has 3 nitrogen and oxygen atoms in total. The van der Waals surface area contributed by atoms with E-state index in [4.69, 9.17) is 11.6 Å². The van der Waals surface area contributed by atoms with Crippen LogP contribution in [0, 0.1) is 6.92 Å². The number of nitrogens with zero attached hydrogens (tertiary/aromatic N) is 1. The largest absolute Gasteiger partial charge is 0.242 e. The lowest BCUT2D eigenvalue weighted by Crippen LogP contribution is -2.10. The summed E-state index contributed by atoms with van der Waals surface area (Å²) in [5.74, 6) is 0.0307. The fourth-order valence-electron chi connectivity index (χ4n) is 0.897. The van der Waals surface area contributed by atoms with Gasteiger partial charge in [0.1, 0.15) is 0 Å². The summed E-state index contributed by atoms with van der Waals surface area (Å²) < 4.78 is 22.9. The Balaban J connectivity index is 3.08. The van der Waals surface area contributed by atoms with E-state index < -0.39 is 9.84 Å². The molecule has 0 unspecified atom stereocenters. The zero-order valence-electron chi connectivity index (χ0n) is 7.20. The van der Waals surface area contributed by atoms with Crippen molar-refractivity contribution in [2.45, 2.75) is 11.9 Å². The number of aryl methyl sites for hydroxylation is 1. The number of pyridine rings is 1. The van der Waals surface area contributed by atoms with E-state index in [1.165, 1.54) is 6.07 Å². The first-order valence-electron chi connectivity index (χ1n) is 3.78. The highest BCUT2D eigenvalue weighted by Gasteiger charge is 2.14. The SMILES string of the molecule is Cc1cccc(S(=O)(=O)CCCl)n1. The summed E-state index contributed by atoms with van der Waals surface area (Å²) in [5, 5.41) is 0.105. The van der Waals surface area contributed by atoms with Crippen molar-refractivity contribution >= 4 is 21.4 Å². The molecule has 0 saturated heterocycles. The van der Waals surface area contributed by atoms with Crippen LogP contribution in [0.15, 0.2) is 23.2 Å². The summed E-state index contributed by atoms with van der Waals surface area (Å²) in [4.78, 5) is 3.92. The van der Waals surface area contributed by atoms with Gasteiger partial charge in [0.05, 0.1) is 5.75 Å². The molecule has 72 valence electrons. The van der Waals surface area contributed by atoms with Crippen LogP contribution in [-0.2, 0) is 9.84 Å². The fraction of sp³-hybridized carbons (Fsp3) is 0.375. The van der Waals surface area contributed by atoms with E-state index in [0.29, 0.717) is 5.69 Å². The van der Waals surface area contributed by atoms with Gasteiger partial charge in [0.15, 0.2) is 14.9 Å². The molecule has 0 N–H and O–H groups in total. The van der Waals surface area contributed by atoms with Crippen LogP contribution in [0.4, 0.5) is 0 Å². The van der Waals surface area contributed by atoms with Crippen molar-refractivity contribution in [2.24, 2.45) is 0 Å². The third kappa shape index (κ3) is 2.67. The third-order valence-corrected chi connectivity index (χ3v) is 3.55. The van der Waals surface area contributed by atoms with Crippen molar-refractivity contribution < 1.29 is 8.42 Å². The maximum Gasteiger partial charge on any atom is 0.196 e. The number of hydrogen-bond donors (Lipinski definition) is 0. The molecular formula is C8H10ClNO2S. The van der Waals surface area contributed by atoms with Gasteiger partial charge >= 0.3 is 0 Å². The monoisotopic (exact) mass is 219 g/mol. The minimum Gasteiger partial charge on any atom is -0.242 e. The molecule has 0 atom stereocenters. The predicted octanol–water partition coefficient (Wildman–Crippen LogP) is 1.40. The Morgan fingerprint density at radius 2 is 2.15 bits per heavy atom. The molecule has 0 amide bonds. The van der Waals surface area contributed by atoms with Crippen LogP contribution in [0.25, 0.3) is 0 Å². The van der Waals surface area contributed by atoms with Crippen molar-refractivity contribution in [1.82, 2.24) is 4.98 Å². The summed E-state index contributed by atoms with van der Waals surface area (Å²) in [6.45, 7) is 1.75. The van der Waals surface area contributed by atoms with Crippen molar-refractivity contribution in [3.63, 3.8) is 0 Å². The van der Waals surface area contributed by atoms with Gasteiger partial charge in [0, 0.05) is 11.6 Å². The zero-order chi connectivity index (χ0) is 9.90. The van der Waals surface area contributed by atoms with Crippen LogP contribution in [0.5, 0.6) is 0 Å². The number of alkyl halides is 1. The molecule has 0 spiro atoms. The van der Waals surface area contributed by atoms with Gasteiger partial charge in [-0.2, -0.15) is 0 Å². The van der Waals surface area contributed by atoms with Crippen molar-refractivity contribution in [2.75, 3.05) is 11.6 Å². The lowest BCUT2D eigenvalue weighted by Gasteiger charge is -2.01. The number of sulfone groups is 1. The Morgan fingerprint density at radius 3 is 2.69 bits per heavy atom. The summed E-state index contributed by atoms with van der Waals surface area (Å²) in [7, 11) is -3.28. The molecule has 0 radical (unpaired) electrons. The first-order chi connectivity index (χ1) is 6.06. The van der Waals surface area contributed by atoms with Gasteiger partial charge in [-0.1, -0.05) is 6.07 Å². The summed E-state index contributed by atoms with van der Waals surface area (Å²) in [6, 6.07) is 4.90. The highest BCUT2D eigenvalue weighted by molar-refractivity contribution is 7.91. The maximum atomic E-state index is 11.4. The van der Waals surface area contributed by atoms with Gasteiger partial charge < -0.3 is 0 Å². The van der Waals surface area contributed by atoms with E-state index >= 15 is 0 Å². The standard InChI is InChI=1S/C8H10ClNO2S/c1-7-3-2-4-8(10-7)13(11,12)6-5-9/h2-4H,5-6H2,1H3. The number of hydrogen-bond acceptors (Lipinski definition) is 3. The molecule has 0 aliphatic rings. The highest BCUT2D eigenvalue weighted by atomic mass is 35.5. The molecule has 0 bridgehead atoms. The molecule has 1 aromatic heterocycles. The van der Waals surface area contributed by atoms with Crippen LogP contribution >= 0.6 is 11.6 Å². The Kier molecular flexibility index (Phi) is 3.27. The lowest BCUT2D eigenvalue weighted by atomic mass is 10.4. The van der Waals surface area contributed by atoms with Crippen LogP contribution in [0.3, 0.4) is 0 Å². The smallest absolute Gasteiger partial charge is 0.196 e. The zero-order valence-corrected chi connectivity index (χ0v) is 8.77. The van der Waals surface area contributed by atoms with Gasteiger partial charge in [0.2, 0.25) is 0 Å². The number of rotatable bonds is 3. The van der Waals surface area contributed by atoms with Crippen molar-refractivity contribution in [3.05, 3.63) is 23.9 Å². The Morgan fingerprint density at radius 1 is 1.46 bits per heavy atom. The molecule has 1 rings (SSSR count). The molecule has 0 aliphatic carbocycles. The van der Waals surface area contributed by atoms with E-state index in [0.717, 1.165) is 0 Å². The first-order valence-corrected chi connectivity index (χ1v) is 5.97. The average molecular weight is 220 g/mol. The molecule has 13 heavy (non-hydrogen) atoms. The lowest BCUT2D eigenvalue weighted by molar-refractivity contribution is 0.593. The van der Waals surface area contributed by atoms with Gasteiger partial charge in [-0.15, -0.1) is 11.6 Å². The fourth-order valence-corrected chi connectivity index (χ4v) is 2.49. The van der Waals surface area contributed by atoms with Gasteiger partial charge in [-0.25, -0.2) is 13.4 Å². The molecule has 1 aromatic rings. The van der Waals surface area contributed by atoms with E-state index in [2.05, 4.69) is 4.98 Å². The summed E-state index contributed by atoms with van der Waals surface area (Å²) in [5.41, 5.74) is 0.690. The quantitative estimate of drug-likeness (QED) is 0.722. The summed E-state index contributed by atoms with van der Waals surface area (Å²) in [6.07, 6.45) is 0. The Hall–Kier alpha value is -0.610. The van der Waals surface area contributed by atoms with E-state index in [1.54, 1.807) is 19.1 Å². The van der Waals surface area contributed by atoms with Crippen LogP contribution in [-0.4, -0.2) is 25.0 Å². The molecule has 0 aromatic carbocycles. The van der Waals surface area contributed by atoms with Crippen molar-refractivity contribution in [1.29, 1.82) is 0 Å². The second kappa shape index (κ2) is 4.07. The second-order valence-electron chi connectivity index (χ2n) is 2.63. The molecule has 0 saturated carbocycles. The third-order valence-electron chi connectivity index (χ3n) is 1.53. The van der Waals surface area contributed by atoms with Crippen LogP contribution in [0.1, 0.15) is 5.69 Å². The molecule has 0 fully saturated rings. The predicted molar refractivity (Wildman–Crippen MR) is 51.7 cm³/mol. The van der Waals surface area contributed by atoms with Gasteiger partial charge in [0.25, 0.3) is 0 Å². The topological polar surface area (TPSA) is 47.0 Å². The second-order valence-corrected chi connectivity index (χ2v) is 5.06. The van der Waals surface area contributed by atoms with Crippen molar-refractivity contribution in [3.8, 4) is 0 Å². The Labute approximate surface area is 82.7 Å². The van der Waals surface area contributed by atoms with Crippen LogP contribution in [0.2, 0.25) is 0 Å². The van der Waals surface area contributed by atoms with E-state index in [1.807, 2.05) is 0 Å². The molecule has 1 heterocycles. The maximum absolute atomic E-state index is 11.4. The number of aromatic nitrogens is 1. The van der Waals surface area contributed by atoms with E-state index in [9.17, 15) is 8.42 Å². The van der Waals surface area contributed by atoms with Gasteiger partial charge in [-0.3, -0.25) is 0 Å². The highest BCUT2D eigenvalue weighted by Crippen LogP contribution is 2.08. The minimum atomic E-state index is -3.28. The normalized spacial score (nSPS) is 11.5. The van der Waals surface area contributed by atoms with Crippen LogP contribution < -0.4 is 0 Å². The molecular weight excluding hydrogens is 210 g/mol. The summed E-state index contributed by atoms with van der Waals surface area (Å²) >= 11 is 5.37. The van der Waals surface area contributed by atoms with E-state index in [-0.39, 0.29) is 16.7 Å². The molecule has 0 aliphatic heterocycles. The van der Waals surface area contributed by atoms with Gasteiger partial charge in [-0.05, 0) is 19.1 Å². The minimum absolute atomic E-state index is 0.0645. The molecule has 5 heteroatoms. The Bertz CT molecular complexity index is 389. The average Bonchev–Trinajstić information content (AvgIpc) is 2.04. The number of halogens is 1.